The maximum absolute atomic E-state index is 11.6. The summed E-state index contributed by atoms with van der Waals surface area (Å²) in [4.78, 5) is 11.6. The molecule has 1 aliphatic heterocycles. The number of methoxy groups -OCH3 is 1. The van der Waals surface area contributed by atoms with E-state index in [1.807, 2.05) is 44.2 Å². The number of benzene rings is 1. The molecule has 1 fully saturated rings. The summed E-state index contributed by atoms with van der Waals surface area (Å²) in [7, 11) is 1.37. The molecule has 0 aliphatic carbocycles. The lowest BCUT2D eigenvalue weighted by atomic mass is 10.1. The zero-order chi connectivity index (χ0) is 13.9. The number of hydrogen-bond acceptors (Lipinski definition) is 4. The zero-order valence-electron chi connectivity index (χ0n) is 11.4. The molecule has 1 atom stereocenters. The van der Waals surface area contributed by atoms with Gasteiger partial charge in [-0.25, -0.2) is 4.79 Å². The van der Waals surface area contributed by atoms with Gasteiger partial charge in [-0.15, -0.1) is 0 Å². The van der Waals surface area contributed by atoms with Gasteiger partial charge in [0, 0.05) is 0 Å². The summed E-state index contributed by atoms with van der Waals surface area (Å²) in [5.74, 6) is -0.888. The molecule has 0 saturated carbocycles. The third-order valence-corrected chi connectivity index (χ3v) is 2.89. The van der Waals surface area contributed by atoms with Crippen LogP contribution < -0.4 is 0 Å². The van der Waals surface area contributed by atoms with E-state index in [0.29, 0.717) is 12.2 Å². The van der Waals surface area contributed by atoms with Crippen molar-refractivity contribution in [2.75, 3.05) is 13.7 Å². The summed E-state index contributed by atoms with van der Waals surface area (Å²) >= 11 is 0. The van der Waals surface area contributed by atoms with Gasteiger partial charge in [0.2, 0.25) is 0 Å². The fourth-order valence-electron chi connectivity index (χ4n) is 1.96. The van der Waals surface area contributed by atoms with E-state index in [4.69, 9.17) is 14.2 Å². The van der Waals surface area contributed by atoms with Crippen molar-refractivity contribution in [1.82, 2.24) is 0 Å². The molecule has 0 bridgehead atoms. The monoisotopic (exact) mass is 262 g/mol. The first kappa shape index (κ1) is 13.8. The maximum atomic E-state index is 11.6. The van der Waals surface area contributed by atoms with E-state index in [9.17, 15) is 4.79 Å². The quantitative estimate of drug-likeness (QED) is 0.785. The van der Waals surface area contributed by atoms with E-state index in [0.717, 1.165) is 5.56 Å². The second-order valence-corrected chi connectivity index (χ2v) is 4.81. The average molecular weight is 262 g/mol. The summed E-state index contributed by atoms with van der Waals surface area (Å²) in [5, 5.41) is 0. The Morgan fingerprint density at radius 3 is 2.79 bits per heavy atom. The molecule has 2 rings (SSSR count). The van der Waals surface area contributed by atoms with E-state index in [1.54, 1.807) is 6.07 Å². The lowest BCUT2D eigenvalue weighted by Crippen LogP contribution is -2.20. The minimum absolute atomic E-state index is 0.0966. The van der Waals surface area contributed by atoms with Crippen LogP contribution in [0.5, 0.6) is 0 Å². The Labute approximate surface area is 113 Å². The standard InChI is InChI=1S/C15H18O4/c1-15(2)18-10-12(19-15)9-8-11-6-4-5-7-13(11)14(16)17-3/h4-9,12H,10H2,1-3H3/b9-8+/t12-/m0/s1. The van der Waals surface area contributed by atoms with E-state index in [-0.39, 0.29) is 12.1 Å². The van der Waals surface area contributed by atoms with Gasteiger partial charge in [-0.1, -0.05) is 30.4 Å². The molecule has 4 heteroatoms. The molecule has 19 heavy (non-hydrogen) atoms. The molecule has 1 aromatic rings. The van der Waals surface area contributed by atoms with Crippen molar-refractivity contribution in [1.29, 1.82) is 0 Å². The van der Waals surface area contributed by atoms with Gasteiger partial charge >= 0.3 is 5.97 Å². The lowest BCUT2D eigenvalue weighted by molar-refractivity contribution is -0.133. The van der Waals surface area contributed by atoms with Crippen LogP contribution in [-0.2, 0) is 14.2 Å². The van der Waals surface area contributed by atoms with Gasteiger partial charge in [0.25, 0.3) is 0 Å². The van der Waals surface area contributed by atoms with E-state index < -0.39 is 5.79 Å². The second kappa shape index (κ2) is 5.55. The third-order valence-electron chi connectivity index (χ3n) is 2.89. The summed E-state index contributed by atoms with van der Waals surface area (Å²) < 4.78 is 15.9. The molecule has 0 amide bonds. The minimum atomic E-state index is -0.545. The van der Waals surface area contributed by atoms with Gasteiger partial charge in [0.1, 0.15) is 6.10 Å². The summed E-state index contributed by atoms with van der Waals surface area (Å²) in [6.45, 7) is 4.27. The van der Waals surface area contributed by atoms with Gasteiger partial charge in [-0.2, -0.15) is 0 Å². The zero-order valence-corrected chi connectivity index (χ0v) is 11.4. The maximum Gasteiger partial charge on any atom is 0.338 e. The van der Waals surface area contributed by atoms with Gasteiger partial charge in [0.15, 0.2) is 5.79 Å². The van der Waals surface area contributed by atoms with Crippen LogP contribution in [0.25, 0.3) is 6.08 Å². The molecule has 0 N–H and O–H groups in total. The van der Waals surface area contributed by atoms with Crippen LogP contribution in [0.15, 0.2) is 30.3 Å². The predicted molar refractivity (Wildman–Crippen MR) is 71.7 cm³/mol. The Bertz CT molecular complexity index is 491. The second-order valence-electron chi connectivity index (χ2n) is 4.81. The number of hydrogen-bond donors (Lipinski definition) is 0. The number of esters is 1. The smallest absolute Gasteiger partial charge is 0.338 e. The molecular weight excluding hydrogens is 244 g/mol. The Kier molecular flexibility index (Phi) is 4.02. The molecule has 0 radical (unpaired) electrons. The fourth-order valence-corrected chi connectivity index (χ4v) is 1.96. The summed E-state index contributed by atoms with van der Waals surface area (Å²) in [6.07, 6.45) is 3.67. The Hall–Kier alpha value is -1.65. The molecule has 1 heterocycles. The van der Waals surface area contributed by atoms with Crippen LogP contribution in [0.2, 0.25) is 0 Å². The highest BCUT2D eigenvalue weighted by Gasteiger charge is 2.30. The molecule has 1 saturated heterocycles. The van der Waals surface area contributed by atoms with Gasteiger partial charge in [0.05, 0.1) is 19.3 Å². The lowest BCUT2D eigenvalue weighted by Gasteiger charge is -2.15. The van der Waals surface area contributed by atoms with Crippen molar-refractivity contribution < 1.29 is 19.0 Å². The Morgan fingerprint density at radius 2 is 2.16 bits per heavy atom. The highest BCUT2D eigenvalue weighted by molar-refractivity contribution is 5.93. The third kappa shape index (κ3) is 3.43. The van der Waals surface area contributed by atoms with Crippen LogP contribution >= 0.6 is 0 Å². The highest BCUT2D eigenvalue weighted by atomic mass is 16.7. The Balaban J connectivity index is 2.13. The van der Waals surface area contributed by atoms with Crippen molar-refractivity contribution in [3.05, 3.63) is 41.5 Å². The summed E-state index contributed by atoms with van der Waals surface area (Å²) in [6, 6.07) is 7.29. The molecule has 1 aliphatic rings. The van der Waals surface area contributed by atoms with Crippen molar-refractivity contribution >= 4 is 12.0 Å². The predicted octanol–water partition coefficient (Wildman–Crippen LogP) is 2.64. The SMILES string of the molecule is COC(=O)c1ccccc1/C=C/[C@H]1COC(C)(C)O1. The van der Waals surface area contributed by atoms with Gasteiger partial charge in [-0.3, -0.25) is 0 Å². The van der Waals surface area contributed by atoms with Crippen LogP contribution in [0.4, 0.5) is 0 Å². The van der Waals surface area contributed by atoms with Gasteiger partial charge in [-0.05, 0) is 25.5 Å². The average Bonchev–Trinajstić information content (AvgIpc) is 2.75. The van der Waals surface area contributed by atoms with Crippen molar-refractivity contribution in [3.8, 4) is 0 Å². The van der Waals surface area contributed by atoms with Crippen LogP contribution in [0, 0.1) is 0 Å². The number of ether oxygens (including phenoxy) is 3. The summed E-state index contributed by atoms with van der Waals surface area (Å²) in [5.41, 5.74) is 1.35. The fraction of sp³-hybridized carbons (Fsp3) is 0.400. The number of carbonyl (C=O) groups excluding carboxylic acids is 1. The molecule has 0 unspecified atom stereocenters. The number of carbonyl (C=O) groups is 1. The van der Waals surface area contributed by atoms with Crippen LogP contribution in [0.1, 0.15) is 29.8 Å². The highest BCUT2D eigenvalue weighted by Crippen LogP contribution is 2.23. The molecule has 0 spiro atoms. The first-order valence-electron chi connectivity index (χ1n) is 6.19. The largest absolute Gasteiger partial charge is 0.465 e. The van der Waals surface area contributed by atoms with Crippen LogP contribution in [-0.4, -0.2) is 31.6 Å². The first-order chi connectivity index (χ1) is 9.02. The topological polar surface area (TPSA) is 44.8 Å². The van der Waals surface area contributed by atoms with E-state index in [2.05, 4.69) is 0 Å². The molecule has 4 nitrogen and oxygen atoms in total. The van der Waals surface area contributed by atoms with Crippen LogP contribution in [0.3, 0.4) is 0 Å². The normalized spacial score (nSPS) is 21.7. The molecular formula is C15H18O4. The molecule has 0 aromatic heterocycles. The van der Waals surface area contributed by atoms with Crippen molar-refractivity contribution in [2.45, 2.75) is 25.7 Å². The van der Waals surface area contributed by atoms with E-state index >= 15 is 0 Å². The number of rotatable bonds is 3. The van der Waals surface area contributed by atoms with E-state index in [1.165, 1.54) is 7.11 Å². The van der Waals surface area contributed by atoms with Gasteiger partial charge < -0.3 is 14.2 Å². The molecule has 102 valence electrons. The Morgan fingerprint density at radius 1 is 1.42 bits per heavy atom. The first-order valence-corrected chi connectivity index (χ1v) is 6.19. The molecule has 1 aromatic carbocycles. The minimum Gasteiger partial charge on any atom is -0.465 e. The van der Waals surface area contributed by atoms with Crippen molar-refractivity contribution in [3.63, 3.8) is 0 Å². The van der Waals surface area contributed by atoms with Crippen molar-refractivity contribution in [2.24, 2.45) is 0 Å².